The zero-order valence-electron chi connectivity index (χ0n) is 25.1. The largest absolute Gasteiger partial charge is 0.469 e. The summed E-state index contributed by atoms with van der Waals surface area (Å²) in [5, 5.41) is 18.6. The molecular formula is C31H53NO7. The lowest BCUT2D eigenvalue weighted by atomic mass is 9.74. The number of hydrogen-bond acceptors (Lipinski definition) is 8. The molecule has 8 heteroatoms. The van der Waals surface area contributed by atoms with Crippen molar-refractivity contribution >= 4 is 17.7 Å². The van der Waals surface area contributed by atoms with Crippen molar-refractivity contribution in [1.82, 2.24) is 0 Å². The van der Waals surface area contributed by atoms with Crippen LogP contribution in [0.2, 0.25) is 0 Å². The van der Waals surface area contributed by atoms with Gasteiger partial charge in [-0.2, -0.15) is 5.26 Å². The number of hydrogen-bond donors (Lipinski definition) is 1. The standard InChI is InChI=1S/C31H53NO7/c1-7-9-10-11-12-13-14-15-16-17-18-38-29(34)24(3)19-26(30(35)37-6)20-27(28(33)8-2)22-31(5,23-32)21-25(4)39-36/h24,26-27,36H,4,7-22H2,1-3,5-6H3. The molecule has 0 aliphatic heterocycles. The maximum absolute atomic E-state index is 12.8. The number of rotatable bonds is 24. The molecule has 0 radical (unpaired) electrons. The average molecular weight is 552 g/mol. The minimum Gasteiger partial charge on any atom is -0.469 e. The number of allylic oxidation sites excluding steroid dienone is 1. The van der Waals surface area contributed by atoms with Crippen LogP contribution in [0.15, 0.2) is 12.3 Å². The zero-order chi connectivity index (χ0) is 29.7. The van der Waals surface area contributed by atoms with Crippen LogP contribution in [0.1, 0.15) is 124 Å². The monoisotopic (exact) mass is 551 g/mol. The number of Topliss-reactive ketones (excluding diaryl/α,β-unsaturated/α-hetero) is 1. The number of nitriles is 1. The Morgan fingerprint density at radius 1 is 0.923 bits per heavy atom. The Hall–Kier alpha value is -2.40. The highest BCUT2D eigenvalue weighted by Gasteiger charge is 2.36. The molecule has 0 saturated carbocycles. The number of methoxy groups -OCH3 is 1. The van der Waals surface area contributed by atoms with Crippen LogP contribution in [0.3, 0.4) is 0 Å². The van der Waals surface area contributed by atoms with Crippen molar-refractivity contribution in [3.05, 3.63) is 12.3 Å². The summed E-state index contributed by atoms with van der Waals surface area (Å²) >= 11 is 0. The topological polar surface area (TPSA) is 123 Å². The summed E-state index contributed by atoms with van der Waals surface area (Å²) in [7, 11) is 1.28. The normalized spacial score (nSPS) is 14.8. The fourth-order valence-electron chi connectivity index (χ4n) is 5.01. The Morgan fingerprint density at radius 3 is 1.97 bits per heavy atom. The second-order valence-electron chi connectivity index (χ2n) is 11.1. The molecule has 0 bridgehead atoms. The highest BCUT2D eigenvalue weighted by Crippen LogP contribution is 2.36. The third-order valence-electron chi connectivity index (χ3n) is 7.37. The minimum absolute atomic E-state index is 0.0186. The summed E-state index contributed by atoms with van der Waals surface area (Å²) in [5.74, 6) is -2.78. The molecule has 0 heterocycles. The van der Waals surface area contributed by atoms with Gasteiger partial charge in [-0.3, -0.25) is 14.4 Å². The molecule has 1 N–H and O–H groups in total. The van der Waals surface area contributed by atoms with Gasteiger partial charge in [-0.1, -0.05) is 85.1 Å². The summed E-state index contributed by atoms with van der Waals surface area (Å²) < 4.78 is 10.5. The van der Waals surface area contributed by atoms with Gasteiger partial charge in [0.1, 0.15) is 11.5 Å². The zero-order valence-corrected chi connectivity index (χ0v) is 25.1. The molecule has 4 atom stereocenters. The van der Waals surface area contributed by atoms with Gasteiger partial charge in [-0.05, 0) is 32.6 Å². The van der Waals surface area contributed by atoms with E-state index in [-0.39, 0.29) is 49.6 Å². The number of ether oxygens (including phenoxy) is 2. The van der Waals surface area contributed by atoms with Crippen molar-refractivity contribution < 1.29 is 34.0 Å². The number of unbranched alkanes of at least 4 members (excludes halogenated alkanes) is 9. The molecule has 0 amide bonds. The average Bonchev–Trinajstić information content (AvgIpc) is 2.93. The molecule has 0 aromatic heterocycles. The quantitative estimate of drug-likeness (QED) is 0.0428. The van der Waals surface area contributed by atoms with Gasteiger partial charge in [0.25, 0.3) is 0 Å². The third kappa shape index (κ3) is 16.3. The van der Waals surface area contributed by atoms with E-state index in [1.54, 1.807) is 20.8 Å². The van der Waals surface area contributed by atoms with Gasteiger partial charge in [-0.25, -0.2) is 5.26 Å². The maximum atomic E-state index is 12.8. The highest BCUT2D eigenvalue weighted by atomic mass is 17.1. The Morgan fingerprint density at radius 2 is 1.49 bits per heavy atom. The smallest absolute Gasteiger partial charge is 0.308 e. The highest BCUT2D eigenvalue weighted by molar-refractivity contribution is 5.82. The Labute approximate surface area is 236 Å². The minimum atomic E-state index is -1.03. The molecule has 0 aromatic rings. The number of nitrogens with zero attached hydrogens (tertiary/aromatic N) is 1. The van der Waals surface area contributed by atoms with E-state index in [0.717, 1.165) is 19.3 Å². The predicted octanol–water partition coefficient (Wildman–Crippen LogP) is 7.56. The number of carbonyl (C=O) groups is 3. The molecule has 4 unspecified atom stereocenters. The SMILES string of the molecule is C=C(CC(C)(C#N)CC(CC(CC(C)C(=O)OCCCCCCCCCCCC)C(=O)OC)C(=O)CC)OO. The van der Waals surface area contributed by atoms with Crippen molar-refractivity contribution in [1.29, 1.82) is 5.26 Å². The summed E-state index contributed by atoms with van der Waals surface area (Å²) in [5.41, 5.74) is -1.03. The summed E-state index contributed by atoms with van der Waals surface area (Å²) in [6.45, 7) is 11.3. The lowest BCUT2D eigenvalue weighted by molar-refractivity contribution is -0.207. The van der Waals surface area contributed by atoms with Crippen molar-refractivity contribution in [2.45, 2.75) is 124 Å². The van der Waals surface area contributed by atoms with E-state index >= 15 is 0 Å². The molecular weight excluding hydrogens is 498 g/mol. The third-order valence-corrected chi connectivity index (χ3v) is 7.37. The van der Waals surface area contributed by atoms with Crippen LogP contribution in [0.4, 0.5) is 0 Å². The van der Waals surface area contributed by atoms with Crippen molar-refractivity contribution in [3.8, 4) is 6.07 Å². The Kier molecular flexibility index (Phi) is 20.1. The van der Waals surface area contributed by atoms with Crippen LogP contribution >= 0.6 is 0 Å². The van der Waals surface area contributed by atoms with Gasteiger partial charge < -0.3 is 14.4 Å². The first-order valence-corrected chi connectivity index (χ1v) is 14.7. The Balaban J connectivity index is 4.87. The van der Waals surface area contributed by atoms with Crippen molar-refractivity contribution in [2.24, 2.45) is 23.2 Å². The summed E-state index contributed by atoms with van der Waals surface area (Å²) in [4.78, 5) is 42.2. The molecule has 0 aromatic carbocycles. The van der Waals surface area contributed by atoms with Crippen molar-refractivity contribution in [2.75, 3.05) is 13.7 Å². The first-order chi connectivity index (χ1) is 18.6. The van der Waals surface area contributed by atoms with E-state index in [1.165, 1.54) is 52.1 Å². The van der Waals surface area contributed by atoms with E-state index < -0.39 is 29.1 Å². The predicted molar refractivity (Wildman–Crippen MR) is 151 cm³/mol. The number of esters is 2. The van der Waals surface area contributed by atoms with Gasteiger partial charge in [0, 0.05) is 18.8 Å². The first kappa shape index (κ1) is 36.6. The summed E-state index contributed by atoms with van der Waals surface area (Å²) in [6, 6.07) is 2.19. The molecule has 0 spiro atoms. The molecule has 8 nitrogen and oxygen atoms in total. The molecule has 0 aliphatic rings. The van der Waals surface area contributed by atoms with E-state index in [1.807, 2.05) is 0 Å². The molecule has 224 valence electrons. The molecule has 0 fully saturated rings. The Bertz CT molecular complexity index is 775. The number of carbonyl (C=O) groups excluding carboxylic acids is 3. The second-order valence-corrected chi connectivity index (χ2v) is 11.1. The van der Waals surface area contributed by atoms with Crippen LogP contribution in [0, 0.1) is 34.5 Å². The lowest BCUT2D eigenvalue weighted by Gasteiger charge is -2.29. The van der Waals surface area contributed by atoms with Gasteiger partial charge in [0.2, 0.25) is 0 Å². The van der Waals surface area contributed by atoms with Crippen LogP contribution in [-0.4, -0.2) is 36.7 Å². The number of ketones is 1. The van der Waals surface area contributed by atoms with E-state index in [9.17, 15) is 19.6 Å². The van der Waals surface area contributed by atoms with Gasteiger partial charge in [-0.15, -0.1) is 0 Å². The fraction of sp³-hybridized carbons (Fsp3) is 0.806. The van der Waals surface area contributed by atoms with Crippen LogP contribution in [-0.2, 0) is 28.7 Å². The maximum Gasteiger partial charge on any atom is 0.308 e. The first-order valence-electron chi connectivity index (χ1n) is 14.7. The van der Waals surface area contributed by atoms with Crippen molar-refractivity contribution in [3.63, 3.8) is 0 Å². The molecule has 0 rings (SSSR count). The van der Waals surface area contributed by atoms with Crippen LogP contribution in [0.25, 0.3) is 0 Å². The van der Waals surface area contributed by atoms with E-state index in [0.29, 0.717) is 6.61 Å². The second kappa shape index (κ2) is 21.4. The van der Waals surface area contributed by atoms with E-state index in [2.05, 4.69) is 24.5 Å². The molecule has 0 aliphatic carbocycles. The van der Waals surface area contributed by atoms with E-state index in [4.69, 9.17) is 14.7 Å². The molecule has 39 heavy (non-hydrogen) atoms. The van der Waals surface area contributed by atoms with Crippen LogP contribution in [0.5, 0.6) is 0 Å². The van der Waals surface area contributed by atoms with Gasteiger partial charge in [0.15, 0.2) is 0 Å². The van der Waals surface area contributed by atoms with Crippen LogP contribution < -0.4 is 0 Å². The fourth-order valence-corrected chi connectivity index (χ4v) is 5.01. The molecule has 0 saturated heterocycles. The van der Waals surface area contributed by atoms with Gasteiger partial charge in [0.05, 0.1) is 37.0 Å². The summed E-state index contributed by atoms with van der Waals surface area (Å²) in [6.07, 6.45) is 12.7. The van der Waals surface area contributed by atoms with Gasteiger partial charge >= 0.3 is 11.9 Å². The lowest BCUT2D eigenvalue weighted by Crippen LogP contribution is -2.31.